The number of hydrogen-bond acceptors (Lipinski definition) is 2. The Hall–Kier alpha value is -0.570. The van der Waals surface area contributed by atoms with Crippen molar-refractivity contribution < 1.29 is 5.11 Å². The van der Waals surface area contributed by atoms with Crippen molar-refractivity contribution in [2.45, 2.75) is 26.8 Å². The first-order chi connectivity index (χ1) is 6.90. The third-order valence-electron chi connectivity index (χ3n) is 2.83. The zero-order valence-corrected chi connectivity index (χ0v) is 10.2. The van der Waals surface area contributed by atoms with Gasteiger partial charge in [0.05, 0.1) is 0 Å². The van der Waals surface area contributed by atoms with Gasteiger partial charge in [-0.1, -0.05) is 37.6 Å². The standard InChI is InChI=1S/C12H18ClNO/c1-8-5-4-6-9(13)10(8)11(14)12(2,3)7-15/h4-6,11,15H,7,14H2,1-3H3/t11-/m0/s1. The molecule has 15 heavy (non-hydrogen) atoms. The van der Waals surface area contributed by atoms with Crippen LogP contribution in [0.3, 0.4) is 0 Å². The molecular formula is C12H18ClNO. The third-order valence-corrected chi connectivity index (χ3v) is 3.16. The largest absolute Gasteiger partial charge is 0.396 e. The molecule has 0 saturated carbocycles. The maximum atomic E-state index is 9.28. The summed E-state index contributed by atoms with van der Waals surface area (Å²) in [6.45, 7) is 5.88. The lowest BCUT2D eigenvalue weighted by Crippen LogP contribution is -2.33. The fourth-order valence-electron chi connectivity index (χ4n) is 1.53. The van der Waals surface area contributed by atoms with Crippen molar-refractivity contribution in [3.05, 3.63) is 34.3 Å². The van der Waals surface area contributed by atoms with Gasteiger partial charge in [0, 0.05) is 23.1 Å². The summed E-state index contributed by atoms with van der Waals surface area (Å²) in [5, 5.41) is 9.95. The van der Waals surface area contributed by atoms with E-state index in [9.17, 15) is 5.11 Å². The smallest absolute Gasteiger partial charge is 0.0500 e. The summed E-state index contributed by atoms with van der Waals surface area (Å²) in [5.41, 5.74) is 7.77. The summed E-state index contributed by atoms with van der Waals surface area (Å²) in [5.74, 6) is 0. The van der Waals surface area contributed by atoms with Gasteiger partial charge in [-0.25, -0.2) is 0 Å². The van der Waals surface area contributed by atoms with Crippen molar-refractivity contribution in [3.63, 3.8) is 0 Å². The molecule has 1 aromatic carbocycles. The maximum Gasteiger partial charge on any atom is 0.0500 e. The molecule has 3 heteroatoms. The van der Waals surface area contributed by atoms with Gasteiger partial charge in [-0.3, -0.25) is 0 Å². The van der Waals surface area contributed by atoms with Gasteiger partial charge < -0.3 is 10.8 Å². The summed E-state index contributed by atoms with van der Waals surface area (Å²) >= 11 is 6.13. The van der Waals surface area contributed by atoms with Crippen LogP contribution in [0.5, 0.6) is 0 Å². The first kappa shape index (κ1) is 12.5. The molecule has 0 aliphatic rings. The minimum absolute atomic E-state index is 0.0405. The van der Waals surface area contributed by atoms with Crippen LogP contribution in [0.2, 0.25) is 5.02 Å². The van der Waals surface area contributed by atoms with E-state index in [2.05, 4.69) is 0 Å². The predicted octanol–water partition coefficient (Wildman–Crippen LogP) is 2.67. The van der Waals surface area contributed by atoms with Gasteiger partial charge in [0.15, 0.2) is 0 Å². The van der Waals surface area contributed by atoms with Crippen LogP contribution >= 0.6 is 11.6 Å². The van der Waals surface area contributed by atoms with E-state index >= 15 is 0 Å². The molecule has 3 N–H and O–H groups in total. The highest BCUT2D eigenvalue weighted by molar-refractivity contribution is 6.31. The molecule has 0 spiro atoms. The molecule has 0 aliphatic heterocycles. The minimum Gasteiger partial charge on any atom is -0.396 e. The molecule has 0 fully saturated rings. The number of rotatable bonds is 3. The average molecular weight is 228 g/mol. The number of aliphatic hydroxyl groups excluding tert-OH is 1. The van der Waals surface area contributed by atoms with Crippen molar-refractivity contribution in [1.29, 1.82) is 0 Å². The Balaban J connectivity index is 3.16. The van der Waals surface area contributed by atoms with Crippen molar-refractivity contribution in [3.8, 4) is 0 Å². The zero-order chi connectivity index (χ0) is 11.6. The second kappa shape index (κ2) is 4.52. The van der Waals surface area contributed by atoms with E-state index in [0.29, 0.717) is 5.02 Å². The van der Waals surface area contributed by atoms with Crippen molar-refractivity contribution in [2.24, 2.45) is 11.1 Å². The van der Waals surface area contributed by atoms with E-state index in [1.165, 1.54) is 0 Å². The molecule has 0 radical (unpaired) electrons. The second-order valence-corrected chi connectivity index (χ2v) is 5.00. The van der Waals surface area contributed by atoms with E-state index in [-0.39, 0.29) is 18.1 Å². The molecule has 1 atom stereocenters. The molecule has 0 saturated heterocycles. The van der Waals surface area contributed by atoms with Crippen LogP contribution in [0.4, 0.5) is 0 Å². The fourth-order valence-corrected chi connectivity index (χ4v) is 1.87. The monoisotopic (exact) mass is 227 g/mol. The number of aliphatic hydroxyl groups is 1. The van der Waals surface area contributed by atoms with Gasteiger partial charge in [0.25, 0.3) is 0 Å². The van der Waals surface area contributed by atoms with Gasteiger partial charge in [0.1, 0.15) is 0 Å². The van der Waals surface area contributed by atoms with E-state index in [1.54, 1.807) is 0 Å². The average Bonchev–Trinajstić information content (AvgIpc) is 2.17. The number of benzene rings is 1. The quantitative estimate of drug-likeness (QED) is 0.834. The Morgan fingerprint density at radius 1 is 1.47 bits per heavy atom. The molecule has 0 aliphatic carbocycles. The molecule has 1 aromatic rings. The van der Waals surface area contributed by atoms with Gasteiger partial charge in [-0.2, -0.15) is 0 Å². The highest BCUT2D eigenvalue weighted by Crippen LogP contribution is 2.36. The van der Waals surface area contributed by atoms with Crippen molar-refractivity contribution in [1.82, 2.24) is 0 Å². The SMILES string of the molecule is Cc1cccc(Cl)c1[C@H](N)C(C)(C)CO. The van der Waals surface area contributed by atoms with Gasteiger partial charge in [-0.05, 0) is 24.1 Å². The molecule has 0 aromatic heterocycles. The number of aryl methyl sites for hydroxylation is 1. The van der Waals surface area contributed by atoms with E-state index in [0.717, 1.165) is 11.1 Å². The van der Waals surface area contributed by atoms with Crippen LogP contribution in [0.15, 0.2) is 18.2 Å². The van der Waals surface area contributed by atoms with E-state index < -0.39 is 0 Å². The molecule has 84 valence electrons. The van der Waals surface area contributed by atoms with Crippen LogP contribution < -0.4 is 5.73 Å². The van der Waals surface area contributed by atoms with Crippen LogP contribution in [-0.2, 0) is 0 Å². The number of halogens is 1. The highest BCUT2D eigenvalue weighted by Gasteiger charge is 2.29. The Bertz CT molecular complexity index is 329. The van der Waals surface area contributed by atoms with Gasteiger partial charge >= 0.3 is 0 Å². The molecular weight excluding hydrogens is 210 g/mol. The minimum atomic E-state index is -0.365. The van der Waals surface area contributed by atoms with E-state index in [4.69, 9.17) is 17.3 Å². The molecule has 2 nitrogen and oxygen atoms in total. The summed E-state index contributed by atoms with van der Waals surface area (Å²) in [4.78, 5) is 0. The van der Waals surface area contributed by atoms with Crippen LogP contribution in [0, 0.1) is 12.3 Å². The van der Waals surface area contributed by atoms with Gasteiger partial charge in [0.2, 0.25) is 0 Å². The summed E-state index contributed by atoms with van der Waals surface area (Å²) in [6.07, 6.45) is 0. The first-order valence-electron chi connectivity index (χ1n) is 5.01. The second-order valence-electron chi connectivity index (χ2n) is 4.59. The maximum absolute atomic E-state index is 9.28. The Kier molecular flexibility index (Phi) is 3.77. The molecule has 0 amide bonds. The molecule has 0 bridgehead atoms. The Labute approximate surface area is 96.1 Å². The highest BCUT2D eigenvalue weighted by atomic mass is 35.5. The fraction of sp³-hybridized carbons (Fsp3) is 0.500. The molecule has 1 rings (SSSR count). The number of hydrogen-bond donors (Lipinski definition) is 2. The Morgan fingerprint density at radius 3 is 2.53 bits per heavy atom. The summed E-state index contributed by atoms with van der Waals surface area (Å²) in [7, 11) is 0. The first-order valence-corrected chi connectivity index (χ1v) is 5.39. The molecule has 0 heterocycles. The van der Waals surface area contributed by atoms with Crippen molar-refractivity contribution in [2.75, 3.05) is 6.61 Å². The topological polar surface area (TPSA) is 46.2 Å². The Morgan fingerprint density at radius 2 is 2.07 bits per heavy atom. The normalized spacial score (nSPS) is 14.0. The van der Waals surface area contributed by atoms with E-state index in [1.807, 2.05) is 39.0 Å². The third kappa shape index (κ3) is 2.51. The predicted molar refractivity (Wildman–Crippen MR) is 64.0 cm³/mol. The molecule has 0 unspecified atom stereocenters. The van der Waals surface area contributed by atoms with Crippen LogP contribution in [-0.4, -0.2) is 11.7 Å². The lowest BCUT2D eigenvalue weighted by atomic mass is 9.80. The van der Waals surface area contributed by atoms with Gasteiger partial charge in [-0.15, -0.1) is 0 Å². The number of nitrogens with two attached hydrogens (primary N) is 1. The lowest BCUT2D eigenvalue weighted by molar-refractivity contribution is 0.132. The summed E-state index contributed by atoms with van der Waals surface area (Å²) in [6, 6.07) is 5.46. The van der Waals surface area contributed by atoms with Crippen LogP contribution in [0.1, 0.15) is 31.0 Å². The summed E-state index contributed by atoms with van der Waals surface area (Å²) < 4.78 is 0. The van der Waals surface area contributed by atoms with Crippen molar-refractivity contribution >= 4 is 11.6 Å². The zero-order valence-electron chi connectivity index (χ0n) is 9.42. The van der Waals surface area contributed by atoms with Crippen LogP contribution in [0.25, 0.3) is 0 Å². The lowest BCUT2D eigenvalue weighted by Gasteiger charge is -2.31.